The Kier molecular flexibility index (Phi) is 5.52. The number of aromatic nitrogens is 1. The number of hydrogen-bond acceptors (Lipinski definition) is 3. The highest BCUT2D eigenvalue weighted by Crippen LogP contribution is 2.35. The molecule has 0 spiro atoms. The first-order valence-electron chi connectivity index (χ1n) is 5.74. The Morgan fingerprint density at radius 1 is 1.45 bits per heavy atom. The summed E-state index contributed by atoms with van der Waals surface area (Å²) in [6, 6.07) is 0.251. The van der Waals surface area contributed by atoms with Gasteiger partial charge in [-0.2, -0.15) is 13.2 Å². The molecule has 0 saturated carbocycles. The fraction of sp³-hybridized carbons (Fsp3) is 0.214. The summed E-state index contributed by atoms with van der Waals surface area (Å²) in [6.07, 6.45) is 2.21. The number of pyridine rings is 1. The van der Waals surface area contributed by atoms with E-state index in [4.69, 9.17) is 10.5 Å². The van der Waals surface area contributed by atoms with Gasteiger partial charge in [-0.15, -0.1) is 0 Å². The number of ether oxygens (including phenoxy) is 1. The van der Waals surface area contributed by atoms with Crippen LogP contribution in [0.2, 0.25) is 0 Å². The maximum Gasteiger partial charge on any atom is 0.420 e. The van der Waals surface area contributed by atoms with Crippen LogP contribution in [0.5, 0.6) is 5.75 Å². The standard InChI is InChI=1S/C14H15F3N2O/c1-3-5-10(4-2)12(18)9-20-13-8-19-7-6-11(13)14(15,16)17/h3-8,12H,1-2,9,18H2/b10-5+. The summed E-state index contributed by atoms with van der Waals surface area (Å²) >= 11 is 0. The van der Waals surface area contributed by atoms with Crippen molar-refractivity contribution >= 4 is 0 Å². The van der Waals surface area contributed by atoms with E-state index in [1.807, 2.05) is 0 Å². The Labute approximate surface area is 115 Å². The highest BCUT2D eigenvalue weighted by molar-refractivity contribution is 5.33. The van der Waals surface area contributed by atoms with Crippen molar-refractivity contribution in [1.82, 2.24) is 4.98 Å². The first-order chi connectivity index (χ1) is 9.40. The van der Waals surface area contributed by atoms with Crippen LogP contribution in [0.3, 0.4) is 0 Å². The van der Waals surface area contributed by atoms with E-state index < -0.39 is 17.8 Å². The number of hydrogen-bond donors (Lipinski definition) is 1. The molecule has 1 aromatic rings. The van der Waals surface area contributed by atoms with Gasteiger partial charge in [0.2, 0.25) is 0 Å². The average Bonchev–Trinajstić information content (AvgIpc) is 2.41. The van der Waals surface area contributed by atoms with Gasteiger partial charge in [0.1, 0.15) is 17.9 Å². The molecule has 0 bridgehead atoms. The van der Waals surface area contributed by atoms with Crippen molar-refractivity contribution in [3.8, 4) is 5.75 Å². The topological polar surface area (TPSA) is 48.1 Å². The zero-order chi connectivity index (χ0) is 15.2. The summed E-state index contributed by atoms with van der Waals surface area (Å²) in [5.41, 5.74) is 5.55. The summed E-state index contributed by atoms with van der Waals surface area (Å²) in [7, 11) is 0. The lowest BCUT2D eigenvalue weighted by molar-refractivity contribution is -0.139. The molecule has 6 heteroatoms. The molecule has 0 aliphatic rings. The second kappa shape index (κ2) is 6.91. The fourth-order valence-electron chi connectivity index (χ4n) is 1.48. The smallest absolute Gasteiger partial charge is 0.420 e. The normalized spacial score (nSPS) is 13.7. The highest BCUT2D eigenvalue weighted by atomic mass is 19.4. The summed E-state index contributed by atoms with van der Waals surface area (Å²) in [5.74, 6) is -0.350. The van der Waals surface area contributed by atoms with Gasteiger partial charge in [-0.25, -0.2) is 0 Å². The van der Waals surface area contributed by atoms with E-state index in [2.05, 4.69) is 18.1 Å². The molecule has 1 heterocycles. The van der Waals surface area contributed by atoms with Gasteiger partial charge in [0.05, 0.1) is 12.2 Å². The van der Waals surface area contributed by atoms with Crippen molar-refractivity contribution in [2.45, 2.75) is 12.2 Å². The zero-order valence-electron chi connectivity index (χ0n) is 10.7. The van der Waals surface area contributed by atoms with Crippen LogP contribution in [0.1, 0.15) is 5.56 Å². The van der Waals surface area contributed by atoms with Gasteiger partial charge in [-0.3, -0.25) is 4.98 Å². The molecule has 0 amide bonds. The molecule has 0 saturated heterocycles. The summed E-state index contributed by atoms with van der Waals surface area (Å²) in [4.78, 5) is 3.62. The fourth-order valence-corrected chi connectivity index (χ4v) is 1.48. The SMILES string of the molecule is C=C/C=C(\C=C)C(N)COc1cnccc1C(F)(F)F. The maximum atomic E-state index is 12.7. The van der Waals surface area contributed by atoms with E-state index in [1.165, 1.54) is 12.2 Å². The maximum absolute atomic E-state index is 12.7. The van der Waals surface area contributed by atoms with Crippen LogP contribution >= 0.6 is 0 Å². The van der Waals surface area contributed by atoms with Crippen LogP contribution in [0.25, 0.3) is 0 Å². The largest absolute Gasteiger partial charge is 0.489 e. The van der Waals surface area contributed by atoms with Crippen molar-refractivity contribution in [2.75, 3.05) is 6.61 Å². The van der Waals surface area contributed by atoms with Gasteiger partial charge in [0.25, 0.3) is 0 Å². The number of halogens is 3. The van der Waals surface area contributed by atoms with Crippen LogP contribution < -0.4 is 10.5 Å². The van der Waals surface area contributed by atoms with Crippen LogP contribution in [-0.4, -0.2) is 17.6 Å². The first-order valence-corrected chi connectivity index (χ1v) is 5.74. The molecule has 1 rings (SSSR count). The molecule has 108 valence electrons. The minimum atomic E-state index is -4.50. The molecule has 0 radical (unpaired) electrons. The Bertz CT molecular complexity index is 509. The summed E-state index contributed by atoms with van der Waals surface area (Å²) < 4.78 is 43.3. The van der Waals surface area contributed by atoms with Crippen molar-refractivity contribution < 1.29 is 17.9 Å². The third kappa shape index (κ3) is 4.24. The molecule has 0 fully saturated rings. The van der Waals surface area contributed by atoms with E-state index in [1.54, 1.807) is 6.08 Å². The van der Waals surface area contributed by atoms with E-state index in [9.17, 15) is 13.2 Å². The molecule has 0 aliphatic carbocycles. The lowest BCUT2D eigenvalue weighted by Gasteiger charge is -2.17. The van der Waals surface area contributed by atoms with E-state index >= 15 is 0 Å². The number of allylic oxidation sites excluding steroid dienone is 2. The summed E-state index contributed by atoms with van der Waals surface area (Å²) in [6.45, 7) is 6.96. The van der Waals surface area contributed by atoms with Crippen molar-refractivity contribution in [3.63, 3.8) is 0 Å². The number of alkyl halides is 3. The Hall–Kier alpha value is -2.08. The monoisotopic (exact) mass is 284 g/mol. The van der Waals surface area contributed by atoms with Crippen molar-refractivity contribution in [3.05, 3.63) is 61.0 Å². The second-order valence-electron chi connectivity index (χ2n) is 3.89. The number of nitrogens with zero attached hydrogens (tertiary/aromatic N) is 1. The molecule has 2 N–H and O–H groups in total. The minimum absolute atomic E-state index is 0.125. The molecule has 20 heavy (non-hydrogen) atoms. The lowest BCUT2D eigenvalue weighted by Crippen LogP contribution is -2.29. The zero-order valence-corrected chi connectivity index (χ0v) is 10.7. The van der Waals surface area contributed by atoms with Gasteiger partial charge in [0.15, 0.2) is 0 Å². The Morgan fingerprint density at radius 2 is 2.15 bits per heavy atom. The van der Waals surface area contributed by atoms with Crippen LogP contribution in [-0.2, 0) is 6.18 Å². The van der Waals surface area contributed by atoms with E-state index in [0.717, 1.165) is 18.5 Å². The molecule has 3 nitrogen and oxygen atoms in total. The minimum Gasteiger partial charge on any atom is -0.489 e. The molecular weight excluding hydrogens is 269 g/mol. The second-order valence-corrected chi connectivity index (χ2v) is 3.89. The Morgan fingerprint density at radius 3 is 2.70 bits per heavy atom. The number of nitrogens with two attached hydrogens (primary N) is 1. The quantitative estimate of drug-likeness (QED) is 0.817. The van der Waals surface area contributed by atoms with Crippen LogP contribution in [0.4, 0.5) is 13.2 Å². The molecular formula is C14H15F3N2O. The van der Waals surface area contributed by atoms with E-state index in [0.29, 0.717) is 5.57 Å². The predicted octanol–water partition coefficient (Wildman–Crippen LogP) is 3.10. The average molecular weight is 284 g/mol. The van der Waals surface area contributed by atoms with Gasteiger partial charge in [-0.1, -0.05) is 31.4 Å². The van der Waals surface area contributed by atoms with Gasteiger partial charge in [-0.05, 0) is 11.6 Å². The van der Waals surface area contributed by atoms with Gasteiger partial charge in [0, 0.05) is 6.20 Å². The van der Waals surface area contributed by atoms with Crippen molar-refractivity contribution in [1.29, 1.82) is 0 Å². The summed E-state index contributed by atoms with van der Waals surface area (Å²) in [5, 5.41) is 0. The molecule has 1 unspecified atom stereocenters. The predicted molar refractivity (Wildman–Crippen MR) is 71.2 cm³/mol. The van der Waals surface area contributed by atoms with E-state index in [-0.39, 0.29) is 12.4 Å². The van der Waals surface area contributed by atoms with Gasteiger partial charge >= 0.3 is 6.18 Å². The molecule has 0 aromatic carbocycles. The molecule has 1 aromatic heterocycles. The molecule has 0 aliphatic heterocycles. The highest BCUT2D eigenvalue weighted by Gasteiger charge is 2.34. The van der Waals surface area contributed by atoms with Gasteiger partial charge < -0.3 is 10.5 Å². The lowest BCUT2D eigenvalue weighted by atomic mass is 10.1. The third-order valence-corrected chi connectivity index (χ3v) is 2.48. The number of rotatable bonds is 6. The van der Waals surface area contributed by atoms with Crippen LogP contribution in [0.15, 0.2) is 55.4 Å². The van der Waals surface area contributed by atoms with Crippen LogP contribution in [0, 0.1) is 0 Å². The Balaban J connectivity index is 2.83. The first kappa shape index (κ1) is 16.0. The van der Waals surface area contributed by atoms with Crippen molar-refractivity contribution in [2.24, 2.45) is 5.73 Å². The third-order valence-electron chi connectivity index (χ3n) is 2.48. The molecule has 1 atom stereocenters.